The number of likely N-dealkylation sites (N-methyl/N-ethyl adjacent to an activating group) is 2. The first-order valence-electron chi connectivity index (χ1n) is 6.37. The summed E-state index contributed by atoms with van der Waals surface area (Å²) < 4.78 is 0. The van der Waals surface area contributed by atoms with Crippen molar-refractivity contribution in [3.63, 3.8) is 0 Å². The van der Waals surface area contributed by atoms with Crippen molar-refractivity contribution in [1.82, 2.24) is 15.1 Å². The van der Waals surface area contributed by atoms with Crippen LogP contribution in [0.2, 0.25) is 0 Å². The van der Waals surface area contributed by atoms with E-state index in [4.69, 9.17) is 0 Å². The van der Waals surface area contributed by atoms with E-state index >= 15 is 0 Å². The summed E-state index contributed by atoms with van der Waals surface area (Å²) in [6.07, 6.45) is 3.31. The third-order valence-corrected chi connectivity index (χ3v) is 3.27. The Labute approximate surface area is 103 Å². The van der Waals surface area contributed by atoms with Crippen molar-refractivity contribution < 1.29 is 9.59 Å². The Morgan fingerprint density at radius 1 is 1.24 bits per heavy atom. The van der Waals surface area contributed by atoms with Crippen LogP contribution >= 0.6 is 0 Å². The summed E-state index contributed by atoms with van der Waals surface area (Å²) in [4.78, 5) is 26.7. The summed E-state index contributed by atoms with van der Waals surface area (Å²) >= 11 is 0. The van der Waals surface area contributed by atoms with Crippen molar-refractivity contribution in [3.8, 4) is 0 Å². The number of nitrogens with one attached hydrogen (secondary N) is 1. The lowest BCUT2D eigenvalue weighted by Crippen LogP contribution is -2.49. The summed E-state index contributed by atoms with van der Waals surface area (Å²) in [5, 5.41) is 2.91. The zero-order valence-electron chi connectivity index (χ0n) is 11.0. The lowest BCUT2D eigenvalue weighted by molar-refractivity contribution is -0.131. The molecule has 5 nitrogen and oxygen atoms in total. The maximum absolute atomic E-state index is 11.8. The van der Waals surface area contributed by atoms with Crippen LogP contribution in [0.5, 0.6) is 0 Å². The van der Waals surface area contributed by atoms with E-state index in [1.54, 1.807) is 11.9 Å². The molecule has 17 heavy (non-hydrogen) atoms. The van der Waals surface area contributed by atoms with Gasteiger partial charge in [-0.05, 0) is 33.1 Å². The molecule has 1 aliphatic carbocycles. The Kier molecular flexibility index (Phi) is 5.25. The van der Waals surface area contributed by atoms with Crippen molar-refractivity contribution in [3.05, 3.63) is 0 Å². The highest BCUT2D eigenvalue weighted by molar-refractivity contribution is 5.84. The fourth-order valence-electron chi connectivity index (χ4n) is 1.79. The molecule has 0 aromatic rings. The maximum Gasteiger partial charge on any atom is 0.317 e. The monoisotopic (exact) mass is 241 g/mol. The van der Waals surface area contributed by atoms with Gasteiger partial charge in [-0.2, -0.15) is 0 Å². The number of amides is 3. The van der Waals surface area contributed by atoms with E-state index in [-0.39, 0.29) is 18.5 Å². The summed E-state index contributed by atoms with van der Waals surface area (Å²) in [7, 11) is 1.66. The highest BCUT2D eigenvalue weighted by Gasteiger charge is 2.22. The van der Waals surface area contributed by atoms with Gasteiger partial charge in [-0.3, -0.25) is 4.79 Å². The van der Waals surface area contributed by atoms with Gasteiger partial charge >= 0.3 is 6.03 Å². The number of hydrogen-bond donors (Lipinski definition) is 1. The highest BCUT2D eigenvalue weighted by atomic mass is 16.2. The molecule has 0 aromatic heterocycles. The zero-order valence-corrected chi connectivity index (χ0v) is 11.0. The van der Waals surface area contributed by atoms with Crippen molar-refractivity contribution in [2.45, 2.75) is 39.2 Å². The predicted molar refractivity (Wildman–Crippen MR) is 66.7 cm³/mol. The van der Waals surface area contributed by atoms with Crippen LogP contribution in [0.25, 0.3) is 0 Å². The minimum Gasteiger partial charge on any atom is -0.342 e. The molecule has 0 aromatic carbocycles. The van der Waals surface area contributed by atoms with Crippen LogP contribution in [0.15, 0.2) is 0 Å². The molecule has 0 saturated heterocycles. The molecule has 1 rings (SSSR count). The molecule has 0 bridgehead atoms. The predicted octanol–water partition coefficient (Wildman–Crippen LogP) is 1.05. The number of urea groups is 1. The summed E-state index contributed by atoms with van der Waals surface area (Å²) in [6, 6.07) is 0.170. The Morgan fingerprint density at radius 2 is 1.82 bits per heavy atom. The first kappa shape index (κ1) is 13.8. The van der Waals surface area contributed by atoms with Crippen LogP contribution in [0.3, 0.4) is 0 Å². The van der Waals surface area contributed by atoms with Gasteiger partial charge in [0.15, 0.2) is 0 Å². The lowest BCUT2D eigenvalue weighted by atomic mass is 9.93. The Balaban J connectivity index is 2.33. The summed E-state index contributed by atoms with van der Waals surface area (Å²) in [5.74, 6) is 0.00117. The van der Waals surface area contributed by atoms with E-state index in [1.165, 1.54) is 11.3 Å². The van der Waals surface area contributed by atoms with E-state index < -0.39 is 0 Å². The van der Waals surface area contributed by atoms with E-state index in [0.717, 1.165) is 12.8 Å². The minimum atomic E-state index is -0.143. The third-order valence-electron chi connectivity index (χ3n) is 3.27. The SMILES string of the molecule is CCN(CC)C(=O)CN(C)C(=O)NC1CCC1. The van der Waals surface area contributed by atoms with Gasteiger partial charge in [0.1, 0.15) is 6.54 Å². The quantitative estimate of drug-likeness (QED) is 0.782. The van der Waals surface area contributed by atoms with Crippen LogP contribution in [0.4, 0.5) is 4.79 Å². The van der Waals surface area contributed by atoms with E-state index in [1.807, 2.05) is 13.8 Å². The average Bonchev–Trinajstić information content (AvgIpc) is 2.24. The summed E-state index contributed by atoms with van der Waals surface area (Å²) in [6.45, 7) is 5.41. The number of carbonyl (C=O) groups excluding carboxylic acids is 2. The average molecular weight is 241 g/mol. The molecule has 5 heteroatoms. The fourth-order valence-corrected chi connectivity index (χ4v) is 1.79. The first-order valence-corrected chi connectivity index (χ1v) is 6.37. The van der Waals surface area contributed by atoms with E-state index in [9.17, 15) is 9.59 Å². The number of carbonyl (C=O) groups is 2. The van der Waals surface area contributed by atoms with Crippen LogP contribution in [-0.2, 0) is 4.79 Å². The molecule has 0 spiro atoms. The third kappa shape index (κ3) is 3.91. The number of rotatable bonds is 5. The molecule has 0 aliphatic heterocycles. The van der Waals surface area contributed by atoms with Gasteiger partial charge in [-0.15, -0.1) is 0 Å². The second kappa shape index (κ2) is 6.47. The molecule has 1 fully saturated rings. The Hall–Kier alpha value is -1.26. The number of nitrogens with zero attached hydrogens (tertiary/aromatic N) is 2. The second-order valence-electron chi connectivity index (χ2n) is 4.50. The molecule has 3 amide bonds. The lowest BCUT2D eigenvalue weighted by Gasteiger charge is -2.29. The van der Waals surface area contributed by atoms with Crippen molar-refractivity contribution in [1.29, 1.82) is 0 Å². The molecule has 0 unspecified atom stereocenters. The van der Waals surface area contributed by atoms with Crippen molar-refractivity contribution in [2.24, 2.45) is 0 Å². The standard InChI is InChI=1S/C12H23N3O2/c1-4-15(5-2)11(16)9-14(3)12(17)13-10-7-6-8-10/h10H,4-9H2,1-3H3,(H,13,17). The van der Waals surface area contributed by atoms with Gasteiger partial charge in [0.2, 0.25) is 5.91 Å². The number of hydrogen-bond acceptors (Lipinski definition) is 2. The van der Waals surface area contributed by atoms with Crippen molar-refractivity contribution >= 4 is 11.9 Å². The van der Waals surface area contributed by atoms with Crippen molar-refractivity contribution in [2.75, 3.05) is 26.7 Å². The topological polar surface area (TPSA) is 52.7 Å². The molecular weight excluding hydrogens is 218 g/mol. The Morgan fingerprint density at radius 3 is 2.24 bits per heavy atom. The smallest absolute Gasteiger partial charge is 0.317 e. The van der Waals surface area contributed by atoms with Crippen LogP contribution in [0.1, 0.15) is 33.1 Å². The second-order valence-corrected chi connectivity index (χ2v) is 4.50. The molecule has 0 atom stereocenters. The van der Waals surface area contributed by atoms with Crippen LogP contribution in [0, 0.1) is 0 Å². The molecule has 98 valence electrons. The van der Waals surface area contributed by atoms with Crippen LogP contribution in [-0.4, -0.2) is 54.5 Å². The Bertz CT molecular complexity index is 273. The van der Waals surface area contributed by atoms with Gasteiger partial charge in [0.05, 0.1) is 0 Å². The fraction of sp³-hybridized carbons (Fsp3) is 0.833. The van der Waals surface area contributed by atoms with Gasteiger partial charge in [0, 0.05) is 26.2 Å². The minimum absolute atomic E-state index is 0.00117. The van der Waals surface area contributed by atoms with Gasteiger partial charge in [-0.1, -0.05) is 0 Å². The molecule has 0 heterocycles. The normalized spacial score (nSPS) is 15.0. The molecule has 1 aliphatic rings. The molecule has 1 saturated carbocycles. The van der Waals surface area contributed by atoms with Gasteiger partial charge < -0.3 is 15.1 Å². The maximum atomic E-state index is 11.8. The van der Waals surface area contributed by atoms with Crippen LogP contribution < -0.4 is 5.32 Å². The van der Waals surface area contributed by atoms with Gasteiger partial charge in [-0.25, -0.2) is 4.79 Å². The molecular formula is C12H23N3O2. The molecule has 0 radical (unpaired) electrons. The first-order chi connectivity index (χ1) is 8.08. The van der Waals surface area contributed by atoms with E-state index in [2.05, 4.69) is 5.32 Å². The van der Waals surface area contributed by atoms with E-state index in [0.29, 0.717) is 19.1 Å². The summed E-state index contributed by atoms with van der Waals surface area (Å²) in [5.41, 5.74) is 0. The largest absolute Gasteiger partial charge is 0.342 e. The van der Waals surface area contributed by atoms with Gasteiger partial charge in [0.25, 0.3) is 0 Å². The zero-order chi connectivity index (χ0) is 12.8. The molecule has 1 N–H and O–H groups in total. The highest BCUT2D eigenvalue weighted by Crippen LogP contribution is 2.18.